The van der Waals surface area contributed by atoms with Gasteiger partial charge in [-0.2, -0.15) is 5.10 Å². The van der Waals surface area contributed by atoms with Crippen molar-refractivity contribution in [3.05, 3.63) is 83.9 Å². The highest BCUT2D eigenvalue weighted by Gasteiger charge is 2.36. The van der Waals surface area contributed by atoms with Gasteiger partial charge in [0.2, 0.25) is 5.91 Å². The van der Waals surface area contributed by atoms with E-state index in [0.717, 1.165) is 23.4 Å². The molecule has 0 aliphatic carbocycles. The van der Waals surface area contributed by atoms with E-state index >= 15 is 0 Å². The zero-order valence-corrected chi connectivity index (χ0v) is 15.2. The second-order valence-corrected chi connectivity index (χ2v) is 6.93. The molecule has 1 aliphatic rings. The van der Waals surface area contributed by atoms with Crippen molar-refractivity contribution in [1.82, 2.24) is 25.4 Å². The summed E-state index contributed by atoms with van der Waals surface area (Å²) >= 11 is 0. The lowest BCUT2D eigenvalue weighted by Crippen LogP contribution is -2.37. The summed E-state index contributed by atoms with van der Waals surface area (Å²) in [4.78, 5) is 17.7. The summed E-state index contributed by atoms with van der Waals surface area (Å²) < 4.78 is 1.78. The van der Waals surface area contributed by atoms with Crippen molar-refractivity contribution in [2.75, 3.05) is 13.1 Å². The maximum atomic E-state index is 13.2. The molecule has 1 aliphatic heterocycles. The summed E-state index contributed by atoms with van der Waals surface area (Å²) in [6.07, 6.45) is 5.60. The van der Waals surface area contributed by atoms with Crippen LogP contribution >= 0.6 is 0 Å². The van der Waals surface area contributed by atoms with Crippen molar-refractivity contribution in [2.45, 2.75) is 12.0 Å². The van der Waals surface area contributed by atoms with E-state index in [4.69, 9.17) is 0 Å². The molecule has 138 valence electrons. The average molecular weight is 361 g/mol. The molecule has 6 nitrogen and oxygen atoms in total. The van der Waals surface area contributed by atoms with Crippen LogP contribution in [0.3, 0.4) is 0 Å². The number of pyridine rings is 1. The maximum Gasteiger partial charge on any atom is 0.225 e. The number of aromatic nitrogens is 3. The summed E-state index contributed by atoms with van der Waals surface area (Å²) in [6, 6.07) is 15.5. The number of rotatable bonds is 5. The van der Waals surface area contributed by atoms with E-state index in [1.54, 1.807) is 10.9 Å². The topological polar surface area (TPSA) is 71.8 Å². The minimum atomic E-state index is -0.268. The summed E-state index contributed by atoms with van der Waals surface area (Å²) in [6.45, 7) is 1.44. The third-order valence-corrected chi connectivity index (χ3v) is 5.11. The van der Waals surface area contributed by atoms with Gasteiger partial charge >= 0.3 is 0 Å². The molecule has 0 radical (unpaired) electrons. The number of carbonyl (C=O) groups excluding carboxylic acids is 1. The van der Waals surface area contributed by atoms with Crippen LogP contribution in [0.4, 0.5) is 0 Å². The molecule has 1 saturated heterocycles. The molecule has 2 aromatic heterocycles. The van der Waals surface area contributed by atoms with Gasteiger partial charge in [0, 0.05) is 38.4 Å². The fourth-order valence-corrected chi connectivity index (χ4v) is 3.71. The van der Waals surface area contributed by atoms with E-state index in [1.165, 1.54) is 0 Å². The van der Waals surface area contributed by atoms with Gasteiger partial charge in [-0.1, -0.05) is 36.4 Å². The Morgan fingerprint density at radius 2 is 2.00 bits per heavy atom. The first-order chi connectivity index (χ1) is 13.2. The number of nitrogens with zero attached hydrogens (tertiary/aromatic N) is 3. The molecule has 0 saturated carbocycles. The van der Waals surface area contributed by atoms with Gasteiger partial charge in [0.05, 0.1) is 23.9 Å². The van der Waals surface area contributed by atoms with Crippen molar-refractivity contribution < 1.29 is 4.79 Å². The largest absolute Gasteiger partial charge is 0.343 e. The second-order valence-electron chi connectivity index (χ2n) is 6.93. The van der Waals surface area contributed by atoms with Crippen molar-refractivity contribution in [2.24, 2.45) is 13.0 Å². The van der Waals surface area contributed by atoms with E-state index in [-0.39, 0.29) is 23.8 Å². The highest BCUT2D eigenvalue weighted by molar-refractivity contribution is 5.81. The van der Waals surface area contributed by atoms with Crippen LogP contribution in [-0.2, 0) is 11.8 Å². The van der Waals surface area contributed by atoms with E-state index < -0.39 is 0 Å². The van der Waals surface area contributed by atoms with Gasteiger partial charge in [0.15, 0.2) is 0 Å². The lowest BCUT2D eigenvalue weighted by Gasteiger charge is -2.23. The molecule has 0 spiro atoms. The molecule has 1 aromatic carbocycles. The number of hydrogen-bond donors (Lipinski definition) is 2. The molecule has 6 heteroatoms. The molecule has 1 amide bonds. The Labute approximate surface area is 158 Å². The van der Waals surface area contributed by atoms with Gasteiger partial charge < -0.3 is 10.6 Å². The van der Waals surface area contributed by atoms with Crippen LogP contribution in [0.1, 0.15) is 28.8 Å². The van der Waals surface area contributed by atoms with Crippen LogP contribution in [0.15, 0.2) is 67.1 Å². The van der Waals surface area contributed by atoms with Crippen molar-refractivity contribution >= 4 is 5.91 Å². The summed E-state index contributed by atoms with van der Waals surface area (Å²) in [7, 11) is 1.90. The van der Waals surface area contributed by atoms with E-state index in [9.17, 15) is 4.79 Å². The molecule has 0 bridgehead atoms. The van der Waals surface area contributed by atoms with Crippen molar-refractivity contribution in [3.63, 3.8) is 0 Å². The number of aryl methyl sites for hydroxylation is 1. The monoisotopic (exact) mass is 361 g/mol. The summed E-state index contributed by atoms with van der Waals surface area (Å²) in [5.74, 6) is 0.0244. The first kappa shape index (κ1) is 17.4. The molecular weight excluding hydrogens is 338 g/mol. The van der Waals surface area contributed by atoms with Crippen LogP contribution in [0.5, 0.6) is 0 Å². The molecule has 4 rings (SSSR count). The Morgan fingerprint density at radius 1 is 1.19 bits per heavy atom. The number of nitrogens with one attached hydrogen (secondary N) is 2. The summed E-state index contributed by atoms with van der Waals surface area (Å²) in [5.41, 5.74) is 2.95. The highest BCUT2D eigenvalue weighted by Crippen LogP contribution is 2.29. The fraction of sp³-hybridized carbons (Fsp3) is 0.286. The normalized spacial score (nSPS) is 20.3. The minimum Gasteiger partial charge on any atom is -0.343 e. The Bertz CT molecular complexity index is 854. The average Bonchev–Trinajstić information content (AvgIpc) is 3.36. The van der Waals surface area contributed by atoms with Crippen LogP contribution in [0.25, 0.3) is 0 Å². The quantitative estimate of drug-likeness (QED) is 0.729. The predicted octanol–water partition coefficient (Wildman–Crippen LogP) is 2.02. The van der Waals surface area contributed by atoms with Gasteiger partial charge in [-0.25, -0.2) is 0 Å². The molecule has 3 aromatic rings. The zero-order chi connectivity index (χ0) is 18.6. The Hall–Kier alpha value is -2.99. The van der Waals surface area contributed by atoms with Gasteiger partial charge in [-0.3, -0.25) is 14.5 Å². The SMILES string of the molecule is Cn1cc([C@H]2CNC[C@@H]2C(=O)NC(c2ccccc2)c2ccccn2)cn1. The second kappa shape index (κ2) is 7.72. The predicted molar refractivity (Wildman–Crippen MR) is 103 cm³/mol. The van der Waals surface area contributed by atoms with E-state index in [1.807, 2.05) is 68.0 Å². The molecular formula is C21H23N5O. The molecule has 3 atom stereocenters. The lowest BCUT2D eigenvalue weighted by atomic mass is 9.89. The van der Waals surface area contributed by atoms with E-state index in [0.29, 0.717) is 6.54 Å². The van der Waals surface area contributed by atoms with Gasteiger partial charge in [-0.05, 0) is 23.3 Å². The molecule has 1 fully saturated rings. The van der Waals surface area contributed by atoms with Gasteiger partial charge in [-0.15, -0.1) is 0 Å². The number of amides is 1. The zero-order valence-electron chi connectivity index (χ0n) is 15.2. The maximum absolute atomic E-state index is 13.2. The van der Waals surface area contributed by atoms with Crippen LogP contribution < -0.4 is 10.6 Å². The Balaban J connectivity index is 1.58. The van der Waals surface area contributed by atoms with Gasteiger partial charge in [0.1, 0.15) is 0 Å². The Morgan fingerprint density at radius 3 is 2.70 bits per heavy atom. The standard InChI is InChI=1S/C21H23N5O/c1-26-14-16(11-24-26)17-12-22-13-18(17)21(27)25-20(15-7-3-2-4-8-15)19-9-5-6-10-23-19/h2-11,14,17-18,20,22H,12-13H2,1H3,(H,25,27)/t17-,18+,20?/m1/s1. The minimum absolute atomic E-state index is 0.0355. The smallest absolute Gasteiger partial charge is 0.225 e. The highest BCUT2D eigenvalue weighted by atomic mass is 16.2. The molecule has 27 heavy (non-hydrogen) atoms. The lowest BCUT2D eigenvalue weighted by molar-refractivity contribution is -0.125. The van der Waals surface area contributed by atoms with E-state index in [2.05, 4.69) is 20.7 Å². The number of carbonyl (C=O) groups is 1. The summed E-state index contributed by atoms with van der Waals surface area (Å²) in [5, 5.41) is 10.8. The van der Waals surface area contributed by atoms with Crippen molar-refractivity contribution in [1.29, 1.82) is 0 Å². The third-order valence-electron chi connectivity index (χ3n) is 5.11. The first-order valence-corrected chi connectivity index (χ1v) is 9.18. The first-order valence-electron chi connectivity index (χ1n) is 9.18. The van der Waals surface area contributed by atoms with Crippen LogP contribution in [0.2, 0.25) is 0 Å². The van der Waals surface area contributed by atoms with Crippen LogP contribution in [-0.4, -0.2) is 33.8 Å². The Kier molecular flexibility index (Phi) is 4.98. The molecule has 1 unspecified atom stereocenters. The molecule has 3 heterocycles. The van der Waals surface area contributed by atoms with Gasteiger partial charge in [0.25, 0.3) is 0 Å². The molecule has 2 N–H and O–H groups in total. The van der Waals surface area contributed by atoms with Crippen molar-refractivity contribution in [3.8, 4) is 0 Å². The van der Waals surface area contributed by atoms with Crippen LogP contribution in [0, 0.1) is 5.92 Å². The fourth-order valence-electron chi connectivity index (χ4n) is 3.71. The number of hydrogen-bond acceptors (Lipinski definition) is 4. The third kappa shape index (κ3) is 3.75. The number of benzene rings is 1.